The summed E-state index contributed by atoms with van der Waals surface area (Å²) in [5.74, 6) is 0.665. The van der Waals surface area contributed by atoms with Gasteiger partial charge in [0.15, 0.2) is 5.58 Å². The number of nitriles is 1. The highest BCUT2D eigenvalue weighted by molar-refractivity contribution is 14.1. The zero-order chi connectivity index (χ0) is 9.26. The lowest BCUT2D eigenvalue weighted by atomic mass is 10.2. The molecule has 64 valence electrons. The third kappa shape index (κ3) is 1.40. The van der Waals surface area contributed by atoms with Crippen molar-refractivity contribution in [3.63, 3.8) is 0 Å². The topological polar surface area (TPSA) is 49.8 Å². The number of hydrogen-bond acceptors (Lipinski definition) is 3. The van der Waals surface area contributed by atoms with Crippen LogP contribution in [0.3, 0.4) is 0 Å². The maximum Gasteiger partial charge on any atom is 0.205 e. The molecule has 0 bridgehead atoms. The molecule has 0 aliphatic heterocycles. The molecule has 3 nitrogen and oxygen atoms in total. The molecule has 13 heavy (non-hydrogen) atoms. The van der Waals surface area contributed by atoms with Crippen LogP contribution in [0.25, 0.3) is 11.1 Å². The van der Waals surface area contributed by atoms with Crippen molar-refractivity contribution in [2.45, 2.75) is 4.43 Å². The van der Waals surface area contributed by atoms with Crippen LogP contribution in [0.1, 0.15) is 11.5 Å². The molecule has 1 aromatic heterocycles. The Morgan fingerprint density at radius 1 is 1.54 bits per heavy atom. The lowest BCUT2D eigenvalue weighted by Crippen LogP contribution is -1.74. The lowest BCUT2D eigenvalue weighted by molar-refractivity contribution is 0.558. The van der Waals surface area contributed by atoms with Crippen molar-refractivity contribution in [1.29, 1.82) is 5.26 Å². The number of aromatic nitrogens is 1. The minimum atomic E-state index is 0.543. The largest absolute Gasteiger partial charge is 0.438 e. The summed E-state index contributed by atoms with van der Waals surface area (Å²) in [6.07, 6.45) is 0. The Labute approximate surface area is 88.5 Å². The van der Waals surface area contributed by atoms with Gasteiger partial charge in [-0.2, -0.15) is 5.26 Å². The van der Waals surface area contributed by atoms with Gasteiger partial charge in [0.25, 0.3) is 0 Å². The number of rotatable bonds is 1. The zero-order valence-corrected chi connectivity index (χ0v) is 8.78. The van der Waals surface area contributed by atoms with Crippen molar-refractivity contribution >= 4 is 33.7 Å². The Hall–Kier alpha value is -1.09. The molecule has 0 aliphatic rings. The molecular weight excluding hydrogens is 279 g/mol. The fraction of sp³-hybridized carbons (Fsp3) is 0.111. The third-order valence-electron chi connectivity index (χ3n) is 1.69. The number of hydrogen-bond donors (Lipinski definition) is 0. The summed E-state index contributed by atoms with van der Waals surface area (Å²) in [7, 11) is 0. The minimum Gasteiger partial charge on any atom is -0.438 e. The standard InChI is InChI=1S/C9H5IN2O/c10-4-8-12-7-3-1-2-6(5-11)9(7)13-8/h1-3H,4H2. The molecule has 0 atom stereocenters. The summed E-state index contributed by atoms with van der Waals surface area (Å²) in [6.45, 7) is 0. The van der Waals surface area contributed by atoms with Crippen LogP contribution in [-0.4, -0.2) is 4.98 Å². The highest BCUT2D eigenvalue weighted by Crippen LogP contribution is 2.20. The molecule has 0 aliphatic carbocycles. The Morgan fingerprint density at radius 2 is 2.38 bits per heavy atom. The van der Waals surface area contributed by atoms with Crippen LogP contribution in [0.4, 0.5) is 0 Å². The number of nitrogens with zero attached hydrogens (tertiary/aromatic N) is 2. The highest BCUT2D eigenvalue weighted by atomic mass is 127. The van der Waals surface area contributed by atoms with Gasteiger partial charge >= 0.3 is 0 Å². The number of oxazole rings is 1. The van der Waals surface area contributed by atoms with E-state index in [4.69, 9.17) is 9.68 Å². The average Bonchev–Trinajstić information content (AvgIpc) is 2.59. The van der Waals surface area contributed by atoms with E-state index in [1.54, 1.807) is 12.1 Å². The number of alkyl halides is 1. The highest BCUT2D eigenvalue weighted by Gasteiger charge is 2.07. The monoisotopic (exact) mass is 284 g/mol. The molecule has 0 spiro atoms. The molecule has 0 saturated carbocycles. The van der Waals surface area contributed by atoms with Crippen LogP contribution in [0.2, 0.25) is 0 Å². The maximum absolute atomic E-state index is 8.78. The van der Waals surface area contributed by atoms with Crippen LogP contribution in [0.5, 0.6) is 0 Å². The van der Waals surface area contributed by atoms with E-state index in [-0.39, 0.29) is 0 Å². The van der Waals surface area contributed by atoms with Crippen LogP contribution in [0.15, 0.2) is 22.6 Å². The summed E-state index contributed by atoms with van der Waals surface area (Å²) < 4.78 is 6.12. The summed E-state index contributed by atoms with van der Waals surface area (Å²) in [5.41, 5.74) is 1.89. The van der Waals surface area contributed by atoms with Crippen molar-refractivity contribution in [2.75, 3.05) is 0 Å². The Kier molecular flexibility index (Phi) is 2.19. The van der Waals surface area contributed by atoms with Crippen LogP contribution in [-0.2, 0) is 4.43 Å². The van der Waals surface area contributed by atoms with E-state index in [0.717, 1.165) is 9.94 Å². The Morgan fingerprint density at radius 3 is 3.08 bits per heavy atom. The summed E-state index contributed by atoms with van der Waals surface area (Å²) >= 11 is 2.17. The zero-order valence-electron chi connectivity index (χ0n) is 6.62. The van der Waals surface area contributed by atoms with Gasteiger partial charge < -0.3 is 4.42 Å². The summed E-state index contributed by atoms with van der Waals surface area (Å²) in [4.78, 5) is 4.21. The second-order valence-electron chi connectivity index (χ2n) is 2.51. The van der Waals surface area contributed by atoms with Crippen LogP contribution >= 0.6 is 22.6 Å². The molecule has 2 rings (SSSR count). The normalized spacial score (nSPS) is 10.2. The predicted octanol–water partition coefficient (Wildman–Crippen LogP) is 2.63. The molecule has 0 radical (unpaired) electrons. The van der Waals surface area contributed by atoms with E-state index in [1.165, 1.54) is 0 Å². The van der Waals surface area contributed by atoms with Crippen molar-refractivity contribution in [1.82, 2.24) is 4.98 Å². The Bertz CT molecular complexity index is 484. The molecule has 1 heterocycles. The van der Waals surface area contributed by atoms with Gasteiger partial charge in [-0.25, -0.2) is 4.98 Å². The quantitative estimate of drug-likeness (QED) is 0.597. The number of fused-ring (bicyclic) bond motifs is 1. The van der Waals surface area contributed by atoms with Crippen LogP contribution in [0, 0.1) is 11.3 Å². The minimum absolute atomic E-state index is 0.543. The fourth-order valence-electron chi connectivity index (χ4n) is 1.14. The van der Waals surface area contributed by atoms with Crippen molar-refractivity contribution < 1.29 is 4.42 Å². The van der Waals surface area contributed by atoms with E-state index in [9.17, 15) is 0 Å². The fourth-order valence-corrected chi connectivity index (χ4v) is 1.47. The van der Waals surface area contributed by atoms with Crippen molar-refractivity contribution in [3.8, 4) is 6.07 Å². The molecule has 0 unspecified atom stereocenters. The molecule has 1 aromatic carbocycles. The first-order valence-corrected chi connectivity index (χ1v) is 5.22. The Balaban J connectivity index is 2.76. The predicted molar refractivity (Wildman–Crippen MR) is 56.4 cm³/mol. The van der Waals surface area contributed by atoms with E-state index in [1.807, 2.05) is 6.07 Å². The van der Waals surface area contributed by atoms with E-state index in [2.05, 4.69) is 33.6 Å². The number of para-hydroxylation sites is 1. The van der Waals surface area contributed by atoms with Gasteiger partial charge in [0.05, 0.1) is 9.99 Å². The molecule has 0 amide bonds. The van der Waals surface area contributed by atoms with Gasteiger partial charge in [0.2, 0.25) is 5.89 Å². The smallest absolute Gasteiger partial charge is 0.205 e. The first-order chi connectivity index (χ1) is 6.35. The first kappa shape index (κ1) is 8.51. The molecule has 2 aromatic rings. The van der Waals surface area contributed by atoms with Crippen molar-refractivity contribution in [3.05, 3.63) is 29.7 Å². The van der Waals surface area contributed by atoms with Gasteiger partial charge in [0, 0.05) is 0 Å². The second-order valence-corrected chi connectivity index (χ2v) is 3.27. The molecular formula is C9H5IN2O. The van der Waals surface area contributed by atoms with Gasteiger partial charge in [-0.15, -0.1) is 0 Å². The number of benzene rings is 1. The first-order valence-electron chi connectivity index (χ1n) is 3.69. The summed E-state index contributed by atoms with van der Waals surface area (Å²) in [6, 6.07) is 7.45. The molecule has 4 heteroatoms. The van der Waals surface area contributed by atoms with Gasteiger partial charge in [-0.3, -0.25) is 0 Å². The molecule has 0 N–H and O–H groups in total. The van der Waals surface area contributed by atoms with E-state index >= 15 is 0 Å². The number of halogens is 1. The lowest BCUT2D eigenvalue weighted by Gasteiger charge is -1.87. The van der Waals surface area contributed by atoms with Crippen LogP contribution < -0.4 is 0 Å². The van der Waals surface area contributed by atoms with Gasteiger partial charge in [-0.1, -0.05) is 28.7 Å². The average molecular weight is 284 g/mol. The summed E-state index contributed by atoms with van der Waals surface area (Å²) in [5, 5.41) is 8.78. The maximum atomic E-state index is 8.78. The molecule has 0 saturated heterocycles. The second kappa shape index (κ2) is 3.34. The molecule has 0 fully saturated rings. The SMILES string of the molecule is N#Cc1cccc2nc(CI)oc12. The van der Waals surface area contributed by atoms with Gasteiger partial charge in [-0.05, 0) is 12.1 Å². The third-order valence-corrected chi connectivity index (χ3v) is 2.35. The van der Waals surface area contributed by atoms with E-state index < -0.39 is 0 Å². The van der Waals surface area contributed by atoms with Crippen molar-refractivity contribution in [2.24, 2.45) is 0 Å². The van der Waals surface area contributed by atoms with E-state index in [0.29, 0.717) is 17.0 Å². The van der Waals surface area contributed by atoms with Gasteiger partial charge in [0.1, 0.15) is 11.6 Å².